The van der Waals surface area contributed by atoms with E-state index in [0.29, 0.717) is 12.2 Å². The topological polar surface area (TPSA) is 80.5 Å². The molecule has 5 heteroatoms. The number of hydrogen-bond donors (Lipinski definition) is 1. The molecule has 0 atom stereocenters. The zero-order valence-electron chi connectivity index (χ0n) is 12.2. The minimum Gasteiger partial charge on any atom is -0.394 e. The summed E-state index contributed by atoms with van der Waals surface area (Å²) in [6, 6.07) is 5.82. The van der Waals surface area contributed by atoms with E-state index in [0.717, 1.165) is 23.1 Å². The van der Waals surface area contributed by atoms with Crippen LogP contribution in [0.15, 0.2) is 29.6 Å². The Hall–Kier alpha value is -2.43. The number of fused-ring (bicyclic) bond motifs is 1. The predicted molar refractivity (Wildman–Crippen MR) is 78.5 cm³/mol. The van der Waals surface area contributed by atoms with Crippen LogP contribution in [0.4, 0.5) is 0 Å². The number of benzene rings is 1. The van der Waals surface area contributed by atoms with E-state index < -0.39 is 5.78 Å². The van der Waals surface area contributed by atoms with Crippen molar-refractivity contribution in [2.24, 2.45) is 5.73 Å². The van der Waals surface area contributed by atoms with Gasteiger partial charge in [-0.15, -0.1) is 0 Å². The largest absolute Gasteiger partial charge is 0.394 e. The number of nitrogens with zero attached hydrogens (tertiary/aromatic N) is 1. The molecule has 1 aliphatic heterocycles. The molecular formula is C16H18N2O3. The molecule has 0 saturated carbocycles. The minimum absolute atomic E-state index is 0.00962. The van der Waals surface area contributed by atoms with Crippen LogP contribution in [0.2, 0.25) is 0 Å². The van der Waals surface area contributed by atoms with E-state index in [-0.39, 0.29) is 24.3 Å². The quantitative estimate of drug-likeness (QED) is 0.511. The Kier molecular flexibility index (Phi) is 4.21. The molecule has 2 N–H and O–H groups in total. The Morgan fingerprint density at radius 1 is 1.38 bits per heavy atom. The molecule has 1 aromatic carbocycles. The second-order valence-electron chi connectivity index (χ2n) is 5.11. The lowest BCUT2D eigenvalue weighted by Crippen LogP contribution is -2.36. The summed E-state index contributed by atoms with van der Waals surface area (Å²) in [4.78, 5) is 35.8. The SMILES string of the molecule is CCc1ccc2c(c1)CN(/C(C)=C(\N)C(=O)C=O)CC2=O. The molecular weight excluding hydrogens is 268 g/mol. The summed E-state index contributed by atoms with van der Waals surface area (Å²) in [5.41, 5.74) is 8.83. The highest BCUT2D eigenvalue weighted by Gasteiger charge is 2.25. The van der Waals surface area contributed by atoms with Gasteiger partial charge >= 0.3 is 0 Å². The van der Waals surface area contributed by atoms with Gasteiger partial charge in [0.05, 0.1) is 6.54 Å². The Bertz CT molecular complexity index is 647. The highest BCUT2D eigenvalue weighted by Crippen LogP contribution is 2.24. The molecule has 0 saturated heterocycles. The Morgan fingerprint density at radius 2 is 2.10 bits per heavy atom. The number of carbonyl (C=O) groups excluding carboxylic acids is 3. The van der Waals surface area contributed by atoms with Crippen LogP contribution >= 0.6 is 0 Å². The summed E-state index contributed by atoms with van der Waals surface area (Å²) < 4.78 is 0. The standard InChI is InChI=1S/C16H18N2O3/c1-3-11-4-5-13-12(6-11)7-18(8-14(13)20)10(2)16(17)15(21)9-19/h4-6,9H,3,7-8,17H2,1-2H3/b16-10-. The molecule has 0 fully saturated rings. The van der Waals surface area contributed by atoms with Gasteiger partial charge in [0.1, 0.15) is 5.70 Å². The fourth-order valence-corrected chi connectivity index (χ4v) is 2.44. The van der Waals surface area contributed by atoms with Crippen molar-refractivity contribution in [1.82, 2.24) is 4.90 Å². The van der Waals surface area contributed by atoms with Crippen LogP contribution in [0.5, 0.6) is 0 Å². The fraction of sp³-hybridized carbons (Fsp3) is 0.312. The van der Waals surface area contributed by atoms with E-state index >= 15 is 0 Å². The molecule has 0 amide bonds. The van der Waals surface area contributed by atoms with Crippen molar-refractivity contribution in [3.8, 4) is 0 Å². The van der Waals surface area contributed by atoms with Gasteiger partial charge in [-0.05, 0) is 24.5 Å². The van der Waals surface area contributed by atoms with Gasteiger partial charge in [-0.1, -0.05) is 25.1 Å². The summed E-state index contributed by atoms with van der Waals surface area (Å²) in [6.45, 7) is 4.37. The monoisotopic (exact) mass is 286 g/mol. The number of rotatable bonds is 4. The molecule has 5 nitrogen and oxygen atoms in total. The maximum atomic E-state index is 12.2. The third-order valence-electron chi connectivity index (χ3n) is 3.81. The number of allylic oxidation sites excluding steroid dienone is 2. The molecule has 21 heavy (non-hydrogen) atoms. The van der Waals surface area contributed by atoms with Crippen molar-refractivity contribution < 1.29 is 14.4 Å². The lowest BCUT2D eigenvalue weighted by molar-refractivity contribution is -0.127. The first-order valence-corrected chi connectivity index (χ1v) is 6.83. The number of aldehydes is 1. The maximum absolute atomic E-state index is 12.2. The Balaban J connectivity index is 2.37. The van der Waals surface area contributed by atoms with Gasteiger partial charge in [-0.3, -0.25) is 14.4 Å². The molecule has 0 aromatic heterocycles. The molecule has 1 aromatic rings. The van der Waals surface area contributed by atoms with Crippen molar-refractivity contribution in [3.63, 3.8) is 0 Å². The van der Waals surface area contributed by atoms with Crippen LogP contribution in [0, 0.1) is 0 Å². The van der Waals surface area contributed by atoms with Gasteiger partial charge in [0.2, 0.25) is 5.78 Å². The van der Waals surface area contributed by atoms with Crippen molar-refractivity contribution in [2.75, 3.05) is 6.54 Å². The van der Waals surface area contributed by atoms with Crippen LogP contribution in [-0.2, 0) is 22.6 Å². The van der Waals surface area contributed by atoms with Crippen molar-refractivity contribution >= 4 is 17.9 Å². The van der Waals surface area contributed by atoms with Crippen molar-refractivity contribution in [3.05, 3.63) is 46.3 Å². The van der Waals surface area contributed by atoms with Gasteiger partial charge in [0.25, 0.3) is 0 Å². The smallest absolute Gasteiger partial charge is 0.242 e. The van der Waals surface area contributed by atoms with Gasteiger partial charge in [-0.2, -0.15) is 0 Å². The van der Waals surface area contributed by atoms with Gasteiger partial charge in [0, 0.05) is 17.8 Å². The molecule has 0 radical (unpaired) electrons. The summed E-state index contributed by atoms with van der Waals surface area (Å²) in [6.07, 6.45) is 1.08. The number of carbonyl (C=O) groups is 3. The third kappa shape index (κ3) is 2.86. The van der Waals surface area contributed by atoms with Crippen LogP contribution in [0.3, 0.4) is 0 Å². The molecule has 1 aliphatic rings. The highest BCUT2D eigenvalue weighted by atomic mass is 16.2. The van der Waals surface area contributed by atoms with Crippen molar-refractivity contribution in [1.29, 1.82) is 0 Å². The van der Waals surface area contributed by atoms with E-state index in [4.69, 9.17) is 5.73 Å². The second kappa shape index (κ2) is 5.91. The maximum Gasteiger partial charge on any atom is 0.242 e. The molecule has 0 bridgehead atoms. The molecule has 0 aliphatic carbocycles. The molecule has 0 spiro atoms. The molecule has 0 unspecified atom stereocenters. The van der Waals surface area contributed by atoms with E-state index in [1.807, 2.05) is 18.2 Å². The number of aryl methyl sites for hydroxylation is 1. The lowest BCUT2D eigenvalue weighted by Gasteiger charge is -2.31. The Labute approximate surface area is 123 Å². The van der Waals surface area contributed by atoms with Gasteiger partial charge in [0.15, 0.2) is 12.1 Å². The van der Waals surface area contributed by atoms with E-state index in [1.165, 1.54) is 0 Å². The first-order chi connectivity index (χ1) is 9.97. The zero-order valence-corrected chi connectivity index (χ0v) is 12.2. The lowest BCUT2D eigenvalue weighted by atomic mass is 9.95. The van der Waals surface area contributed by atoms with Crippen LogP contribution in [0.1, 0.15) is 35.3 Å². The van der Waals surface area contributed by atoms with Crippen LogP contribution in [-0.4, -0.2) is 29.3 Å². The normalized spacial score (nSPS) is 15.3. The molecule has 110 valence electrons. The summed E-state index contributed by atoms with van der Waals surface area (Å²) >= 11 is 0. The minimum atomic E-state index is -0.756. The number of nitrogens with two attached hydrogens (primary N) is 1. The van der Waals surface area contributed by atoms with E-state index in [1.54, 1.807) is 11.8 Å². The van der Waals surface area contributed by atoms with E-state index in [9.17, 15) is 14.4 Å². The first kappa shape index (κ1) is 15.0. The Morgan fingerprint density at radius 3 is 2.71 bits per heavy atom. The number of hydrogen-bond acceptors (Lipinski definition) is 5. The average molecular weight is 286 g/mol. The average Bonchev–Trinajstić information content (AvgIpc) is 2.51. The first-order valence-electron chi connectivity index (χ1n) is 6.83. The van der Waals surface area contributed by atoms with Gasteiger partial charge in [-0.25, -0.2) is 0 Å². The summed E-state index contributed by atoms with van der Waals surface area (Å²) in [5, 5.41) is 0. The highest BCUT2D eigenvalue weighted by molar-refractivity contribution is 6.32. The van der Waals surface area contributed by atoms with Crippen LogP contribution < -0.4 is 5.73 Å². The van der Waals surface area contributed by atoms with E-state index in [2.05, 4.69) is 6.92 Å². The predicted octanol–water partition coefficient (Wildman–Crippen LogP) is 1.21. The number of Topliss-reactive ketones (excluding diaryl/α,β-unsaturated/α-hetero) is 2. The summed E-state index contributed by atoms with van der Waals surface area (Å²) in [7, 11) is 0. The third-order valence-corrected chi connectivity index (χ3v) is 3.81. The second-order valence-corrected chi connectivity index (χ2v) is 5.11. The molecule has 1 heterocycles. The van der Waals surface area contributed by atoms with Gasteiger partial charge < -0.3 is 10.6 Å². The summed E-state index contributed by atoms with van der Waals surface area (Å²) in [5.74, 6) is -0.766. The fourth-order valence-electron chi connectivity index (χ4n) is 2.44. The molecule has 2 rings (SSSR count). The van der Waals surface area contributed by atoms with Crippen LogP contribution in [0.25, 0.3) is 0 Å². The number of ketones is 2. The van der Waals surface area contributed by atoms with Crippen molar-refractivity contribution in [2.45, 2.75) is 26.8 Å². The zero-order chi connectivity index (χ0) is 15.6.